The van der Waals surface area contributed by atoms with Crippen LogP contribution in [-0.2, 0) is 21.4 Å². The normalized spacial score (nSPS) is 22.9. The van der Waals surface area contributed by atoms with Crippen LogP contribution in [0.1, 0.15) is 42.6 Å². The van der Waals surface area contributed by atoms with Crippen LogP contribution in [0.2, 0.25) is 0 Å². The van der Waals surface area contributed by atoms with Crippen molar-refractivity contribution in [1.29, 1.82) is 5.26 Å². The first-order valence-electron chi connectivity index (χ1n) is 11.5. The van der Waals surface area contributed by atoms with Crippen LogP contribution in [0.3, 0.4) is 0 Å². The zero-order chi connectivity index (χ0) is 24.3. The van der Waals surface area contributed by atoms with Gasteiger partial charge in [0.2, 0.25) is 15.9 Å². The molecule has 4 rings (SSSR count). The second-order valence-electron chi connectivity index (χ2n) is 8.89. The van der Waals surface area contributed by atoms with E-state index >= 15 is 4.39 Å². The molecule has 0 aromatic heterocycles. The number of anilines is 1. The summed E-state index contributed by atoms with van der Waals surface area (Å²) < 4.78 is 43.4. The van der Waals surface area contributed by atoms with Gasteiger partial charge in [-0.2, -0.15) is 9.57 Å². The van der Waals surface area contributed by atoms with E-state index in [2.05, 4.69) is 0 Å². The van der Waals surface area contributed by atoms with E-state index in [1.807, 2.05) is 48.2 Å². The summed E-state index contributed by atoms with van der Waals surface area (Å²) in [6.45, 7) is 3.93. The third kappa shape index (κ3) is 4.93. The molecule has 2 aromatic carbocycles. The first-order valence-corrected chi connectivity index (χ1v) is 13.0. The van der Waals surface area contributed by atoms with E-state index in [4.69, 9.17) is 5.26 Å². The maximum absolute atomic E-state index is 15.1. The number of amides is 1. The van der Waals surface area contributed by atoms with Gasteiger partial charge < -0.3 is 9.80 Å². The minimum atomic E-state index is -3.64. The molecule has 2 fully saturated rings. The maximum atomic E-state index is 15.1. The third-order valence-electron chi connectivity index (χ3n) is 6.79. The molecule has 0 N–H and O–H groups in total. The van der Waals surface area contributed by atoms with Crippen LogP contribution in [-0.4, -0.2) is 55.8 Å². The molecule has 0 bridgehead atoms. The molecule has 2 heterocycles. The molecule has 34 heavy (non-hydrogen) atoms. The van der Waals surface area contributed by atoms with Crippen molar-refractivity contribution in [3.8, 4) is 6.07 Å². The molecule has 0 spiro atoms. The molecule has 9 heteroatoms. The summed E-state index contributed by atoms with van der Waals surface area (Å²) in [5, 5.41) is 8.08. The number of sulfonamides is 1. The van der Waals surface area contributed by atoms with Crippen LogP contribution >= 0.6 is 0 Å². The smallest absolute Gasteiger partial charge is 0.236 e. The van der Waals surface area contributed by atoms with Gasteiger partial charge >= 0.3 is 0 Å². The number of nitriles is 1. The zero-order valence-electron chi connectivity index (χ0n) is 19.2. The quantitative estimate of drug-likeness (QED) is 0.649. The first-order chi connectivity index (χ1) is 16.3. The van der Waals surface area contributed by atoms with E-state index in [0.717, 1.165) is 5.56 Å². The van der Waals surface area contributed by atoms with E-state index in [-0.39, 0.29) is 24.9 Å². The molecule has 2 saturated heterocycles. The number of hydrogen-bond acceptors (Lipinski definition) is 5. The monoisotopic (exact) mass is 484 g/mol. The molecular formula is C25H29FN4O3S. The van der Waals surface area contributed by atoms with E-state index in [1.54, 1.807) is 17.0 Å². The van der Waals surface area contributed by atoms with E-state index < -0.39 is 21.1 Å². The molecular weight excluding hydrogens is 455 g/mol. The van der Waals surface area contributed by atoms with Crippen LogP contribution in [0.15, 0.2) is 48.5 Å². The first kappa shape index (κ1) is 24.2. The molecule has 2 aromatic rings. The van der Waals surface area contributed by atoms with E-state index in [0.29, 0.717) is 50.3 Å². The Bertz CT molecular complexity index is 1170. The Labute approximate surface area is 200 Å². The molecule has 1 amide bonds. The second-order valence-corrected chi connectivity index (χ2v) is 11.0. The minimum Gasteiger partial charge on any atom is -0.368 e. The molecule has 2 unspecified atom stereocenters. The summed E-state index contributed by atoms with van der Waals surface area (Å²) in [4.78, 5) is 15.5. The van der Waals surface area contributed by atoms with Gasteiger partial charge in [0.1, 0.15) is 17.5 Å². The Morgan fingerprint density at radius 1 is 1.09 bits per heavy atom. The van der Waals surface area contributed by atoms with Crippen LogP contribution < -0.4 is 4.90 Å². The standard InChI is InChI=1S/C25H29FN4O3S/c1-19-7-10-24(20-5-3-2-4-6-20)34(32,33)30(19)18-21-8-9-22(17-23(21)26)28-13-15-29(16-14-28)25(31)11-12-27/h2-6,8-9,17,19,24H,7,10-11,13-16,18H2,1H3. The van der Waals surface area contributed by atoms with Gasteiger partial charge in [-0.3, -0.25) is 4.79 Å². The van der Waals surface area contributed by atoms with E-state index in [9.17, 15) is 13.2 Å². The largest absolute Gasteiger partial charge is 0.368 e. The predicted molar refractivity (Wildman–Crippen MR) is 128 cm³/mol. The summed E-state index contributed by atoms with van der Waals surface area (Å²) in [6.07, 6.45) is 1.13. The van der Waals surface area contributed by atoms with Crippen LogP contribution in [0, 0.1) is 17.1 Å². The number of benzene rings is 2. The second kappa shape index (κ2) is 10.1. The molecule has 7 nitrogen and oxygen atoms in total. The van der Waals surface area contributed by atoms with Gasteiger partial charge in [0.15, 0.2) is 0 Å². The minimum absolute atomic E-state index is 0.00458. The Hall–Kier alpha value is -2.96. The average molecular weight is 485 g/mol. The number of carbonyl (C=O) groups excluding carboxylic acids is 1. The van der Waals surface area contributed by atoms with Gasteiger partial charge in [0.25, 0.3) is 0 Å². The fraction of sp³-hybridized carbons (Fsp3) is 0.440. The summed E-state index contributed by atoms with van der Waals surface area (Å²) in [5.41, 5.74) is 1.81. The third-order valence-corrected chi connectivity index (χ3v) is 9.16. The summed E-state index contributed by atoms with van der Waals surface area (Å²) in [6, 6.07) is 15.8. The Morgan fingerprint density at radius 2 is 1.79 bits per heavy atom. The highest BCUT2D eigenvalue weighted by atomic mass is 32.2. The molecule has 0 aliphatic carbocycles. The van der Waals surface area contributed by atoms with Crippen molar-refractivity contribution in [3.05, 3.63) is 65.5 Å². The van der Waals surface area contributed by atoms with Gasteiger partial charge in [-0.15, -0.1) is 0 Å². The predicted octanol–water partition coefficient (Wildman–Crippen LogP) is 3.44. The Morgan fingerprint density at radius 3 is 2.44 bits per heavy atom. The molecule has 2 aliphatic rings. The summed E-state index contributed by atoms with van der Waals surface area (Å²) >= 11 is 0. The Kier molecular flexibility index (Phi) is 7.19. The van der Waals surface area contributed by atoms with Crippen LogP contribution in [0.5, 0.6) is 0 Å². The number of piperazine rings is 1. The fourth-order valence-corrected chi connectivity index (χ4v) is 6.96. The molecule has 0 saturated carbocycles. The van der Waals surface area contributed by atoms with Crippen molar-refractivity contribution in [2.75, 3.05) is 31.1 Å². The lowest BCUT2D eigenvalue weighted by atomic mass is 10.0. The van der Waals surface area contributed by atoms with Crippen LogP contribution in [0.4, 0.5) is 10.1 Å². The van der Waals surface area contributed by atoms with Crippen molar-refractivity contribution >= 4 is 21.6 Å². The molecule has 0 radical (unpaired) electrons. The number of hydrogen-bond donors (Lipinski definition) is 0. The molecule has 2 atom stereocenters. The highest BCUT2D eigenvalue weighted by Gasteiger charge is 2.40. The lowest BCUT2D eigenvalue weighted by molar-refractivity contribution is -0.130. The number of nitrogens with zero attached hydrogens (tertiary/aromatic N) is 4. The lowest BCUT2D eigenvalue weighted by Crippen LogP contribution is -2.48. The van der Waals surface area contributed by atoms with Gasteiger partial charge in [-0.25, -0.2) is 12.8 Å². The fourth-order valence-electron chi connectivity index (χ4n) is 4.77. The van der Waals surface area contributed by atoms with Crippen molar-refractivity contribution in [1.82, 2.24) is 9.21 Å². The van der Waals surface area contributed by atoms with Crippen molar-refractivity contribution in [2.24, 2.45) is 0 Å². The summed E-state index contributed by atoms with van der Waals surface area (Å²) in [5.74, 6) is -0.626. The number of carbonyl (C=O) groups is 1. The SMILES string of the molecule is CC1CCC(c2ccccc2)S(=O)(=O)N1Cc1ccc(N2CCN(C(=O)CC#N)CC2)cc1F. The van der Waals surface area contributed by atoms with Crippen molar-refractivity contribution < 1.29 is 17.6 Å². The highest BCUT2D eigenvalue weighted by molar-refractivity contribution is 7.89. The molecule has 2 aliphatic heterocycles. The van der Waals surface area contributed by atoms with Crippen LogP contribution in [0.25, 0.3) is 0 Å². The zero-order valence-corrected chi connectivity index (χ0v) is 20.0. The maximum Gasteiger partial charge on any atom is 0.236 e. The lowest BCUT2D eigenvalue weighted by Gasteiger charge is -2.38. The topological polar surface area (TPSA) is 84.7 Å². The highest BCUT2D eigenvalue weighted by Crippen LogP contribution is 2.38. The number of halogens is 1. The molecule has 180 valence electrons. The van der Waals surface area contributed by atoms with Gasteiger partial charge in [-0.1, -0.05) is 36.4 Å². The van der Waals surface area contributed by atoms with Crippen molar-refractivity contribution in [2.45, 2.75) is 44.0 Å². The van der Waals surface area contributed by atoms with Gasteiger partial charge in [-0.05, 0) is 37.5 Å². The number of rotatable bonds is 5. The summed E-state index contributed by atoms with van der Waals surface area (Å²) in [7, 11) is -3.64. The van der Waals surface area contributed by atoms with Crippen molar-refractivity contribution in [3.63, 3.8) is 0 Å². The Balaban J connectivity index is 1.47. The average Bonchev–Trinajstić information content (AvgIpc) is 2.83. The van der Waals surface area contributed by atoms with Gasteiger partial charge in [0.05, 0.1) is 6.07 Å². The van der Waals surface area contributed by atoms with Gasteiger partial charge in [0, 0.05) is 50.0 Å². The van der Waals surface area contributed by atoms with E-state index in [1.165, 1.54) is 10.4 Å².